The molecule has 0 bridgehead atoms. The van der Waals surface area contributed by atoms with Crippen molar-refractivity contribution in [2.24, 2.45) is 7.05 Å². The summed E-state index contributed by atoms with van der Waals surface area (Å²) >= 11 is 3.58. The lowest BCUT2D eigenvalue weighted by molar-refractivity contribution is 0.712. The van der Waals surface area contributed by atoms with E-state index in [9.17, 15) is 0 Å². The molecule has 4 nitrogen and oxygen atoms in total. The number of rotatable bonds is 4. The molecule has 1 aromatic heterocycles. The summed E-state index contributed by atoms with van der Waals surface area (Å²) in [6, 6.07) is 8.39. The molecule has 0 aliphatic rings. The van der Waals surface area contributed by atoms with E-state index in [0.717, 1.165) is 28.1 Å². The van der Waals surface area contributed by atoms with E-state index in [1.165, 1.54) is 5.69 Å². The maximum absolute atomic E-state index is 4.38. The first-order chi connectivity index (χ1) is 8.99. The fourth-order valence-electron chi connectivity index (χ4n) is 1.94. The highest BCUT2D eigenvalue weighted by molar-refractivity contribution is 9.10. The zero-order valence-electron chi connectivity index (χ0n) is 11.7. The third kappa shape index (κ3) is 3.10. The van der Waals surface area contributed by atoms with Crippen molar-refractivity contribution in [2.75, 3.05) is 24.3 Å². The van der Waals surface area contributed by atoms with E-state index in [2.05, 4.69) is 55.5 Å². The van der Waals surface area contributed by atoms with Gasteiger partial charge in [0.1, 0.15) is 0 Å². The average Bonchev–Trinajstić information content (AvgIpc) is 2.62. The number of hydrogen-bond acceptors (Lipinski definition) is 3. The van der Waals surface area contributed by atoms with Gasteiger partial charge in [0, 0.05) is 32.5 Å². The summed E-state index contributed by atoms with van der Waals surface area (Å²) in [5.74, 6) is 0. The second-order valence-corrected chi connectivity index (χ2v) is 5.56. The molecule has 19 heavy (non-hydrogen) atoms. The van der Waals surface area contributed by atoms with E-state index < -0.39 is 0 Å². The molecule has 0 aliphatic heterocycles. The average molecular weight is 323 g/mol. The van der Waals surface area contributed by atoms with Crippen molar-refractivity contribution >= 4 is 27.3 Å². The molecule has 1 aromatic carbocycles. The van der Waals surface area contributed by atoms with Crippen molar-refractivity contribution in [1.82, 2.24) is 9.78 Å². The minimum Gasteiger partial charge on any atom is -0.379 e. The Labute approximate surface area is 122 Å². The molecule has 1 heterocycles. The molecule has 1 N–H and O–H groups in total. The summed E-state index contributed by atoms with van der Waals surface area (Å²) in [6.45, 7) is 2.75. The number of anilines is 2. The first-order valence-corrected chi connectivity index (χ1v) is 6.97. The van der Waals surface area contributed by atoms with Crippen LogP contribution in [0.2, 0.25) is 0 Å². The Kier molecular flexibility index (Phi) is 4.14. The molecule has 0 atom stereocenters. The molecular weight excluding hydrogens is 304 g/mol. The van der Waals surface area contributed by atoms with E-state index >= 15 is 0 Å². The lowest BCUT2D eigenvalue weighted by atomic mass is 10.2. The highest BCUT2D eigenvalue weighted by Gasteiger charge is 2.09. The normalized spacial score (nSPS) is 10.6. The van der Waals surface area contributed by atoms with E-state index in [0.29, 0.717) is 0 Å². The highest BCUT2D eigenvalue weighted by Crippen LogP contribution is 2.22. The SMILES string of the molecule is Cc1nn(C)c(CNc2ccc(N(C)C)cc2)c1Br. The lowest BCUT2D eigenvalue weighted by Crippen LogP contribution is -2.09. The fourth-order valence-corrected chi connectivity index (χ4v) is 2.41. The van der Waals surface area contributed by atoms with Gasteiger partial charge in [-0.2, -0.15) is 5.10 Å². The zero-order chi connectivity index (χ0) is 14.0. The van der Waals surface area contributed by atoms with Gasteiger partial charge in [-0.3, -0.25) is 4.68 Å². The number of aromatic nitrogens is 2. The van der Waals surface area contributed by atoms with Gasteiger partial charge >= 0.3 is 0 Å². The van der Waals surface area contributed by atoms with Gasteiger partial charge in [0.2, 0.25) is 0 Å². The summed E-state index contributed by atoms with van der Waals surface area (Å²) < 4.78 is 2.98. The molecule has 0 saturated heterocycles. The first-order valence-electron chi connectivity index (χ1n) is 6.18. The Bertz CT molecular complexity index is 558. The van der Waals surface area contributed by atoms with Crippen LogP contribution in [0, 0.1) is 6.92 Å². The number of halogens is 1. The van der Waals surface area contributed by atoms with Crippen LogP contribution in [0.25, 0.3) is 0 Å². The van der Waals surface area contributed by atoms with Gasteiger partial charge in [0.25, 0.3) is 0 Å². The molecule has 102 valence electrons. The number of aryl methyl sites for hydroxylation is 2. The van der Waals surface area contributed by atoms with Gasteiger partial charge in [-0.05, 0) is 47.1 Å². The largest absolute Gasteiger partial charge is 0.379 e. The Morgan fingerprint density at radius 1 is 1.26 bits per heavy atom. The third-order valence-electron chi connectivity index (χ3n) is 3.11. The van der Waals surface area contributed by atoms with Crippen molar-refractivity contribution in [3.05, 3.63) is 40.1 Å². The van der Waals surface area contributed by atoms with Crippen LogP contribution < -0.4 is 10.2 Å². The molecular formula is C14H19BrN4. The number of nitrogens with one attached hydrogen (secondary N) is 1. The molecule has 2 rings (SSSR count). The van der Waals surface area contributed by atoms with Crippen LogP contribution >= 0.6 is 15.9 Å². The first kappa shape index (κ1) is 13.9. The second kappa shape index (κ2) is 5.65. The quantitative estimate of drug-likeness (QED) is 0.938. The zero-order valence-corrected chi connectivity index (χ0v) is 13.3. The minimum absolute atomic E-state index is 0.749. The molecule has 0 aliphatic carbocycles. The molecule has 0 unspecified atom stereocenters. The Hall–Kier alpha value is -1.49. The van der Waals surface area contributed by atoms with E-state index in [1.807, 2.05) is 32.7 Å². The summed E-state index contributed by atoms with van der Waals surface area (Å²) in [5.41, 5.74) is 4.47. The molecule has 0 spiro atoms. The highest BCUT2D eigenvalue weighted by atomic mass is 79.9. The maximum atomic E-state index is 4.38. The van der Waals surface area contributed by atoms with Crippen LogP contribution in [0.15, 0.2) is 28.7 Å². The van der Waals surface area contributed by atoms with Gasteiger partial charge in [0.05, 0.1) is 22.4 Å². The predicted molar refractivity (Wildman–Crippen MR) is 83.7 cm³/mol. The Morgan fingerprint density at radius 2 is 1.89 bits per heavy atom. The molecule has 2 aromatic rings. The lowest BCUT2D eigenvalue weighted by Gasteiger charge is -2.13. The van der Waals surface area contributed by atoms with Crippen molar-refractivity contribution in [2.45, 2.75) is 13.5 Å². The van der Waals surface area contributed by atoms with E-state index in [4.69, 9.17) is 0 Å². The Morgan fingerprint density at radius 3 is 2.37 bits per heavy atom. The summed E-state index contributed by atoms with van der Waals surface area (Å²) in [4.78, 5) is 2.09. The number of benzene rings is 1. The summed E-state index contributed by atoms with van der Waals surface area (Å²) in [7, 11) is 6.04. The summed E-state index contributed by atoms with van der Waals surface area (Å²) in [6.07, 6.45) is 0. The van der Waals surface area contributed by atoms with Crippen LogP contribution in [-0.4, -0.2) is 23.9 Å². The van der Waals surface area contributed by atoms with Gasteiger partial charge in [0.15, 0.2) is 0 Å². The van der Waals surface area contributed by atoms with Gasteiger partial charge in [-0.25, -0.2) is 0 Å². The van der Waals surface area contributed by atoms with E-state index in [1.54, 1.807) is 0 Å². The smallest absolute Gasteiger partial charge is 0.0739 e. The molecule has 0 fully saturated rings. The van der Waals surface area contributed by atoms with Crippen LogP contribution in [-0.2, 0) is 13.6 Å². The molecule has 5 heteroatoms. The van der Waals surface area contributed by atoms with Crippen molar-refractivity contribution in [3.63, 3.8) is 0 Å². The molecule has 0 radical (unpaired) electrons. The van der Waals surface area contributed by atoms with Crippen LogP contribution in [0.1, 0.15) is 11.4 Å². The second-order valence-electron chi connectivity index (χ2n) is 4.76. The van der Waals surface area contributed by atoms with Crippen molar-refractivity contribution in [1.29, 1.82) is 0 Å². The molecule has 0 saturated carbocycles. The topological polar surface area (TPSA) is 33.1 Å². The van der Waals surface area contributed by atoms with Crippen molar-refractivity contribution in [3.8, 4) is 0 Å². The molecule has 0 amide bonds. The van der Waals surface area contributed by atoms with E-state index in [-0.39, 0.29) is 0 Å². The van der Waals surface area contributed by atoms with Gasteiger partial charge < -0.3 is 10.2 Å². The van der Waals surface area contributed by atoms with Crippen LogP contribution in [0.5, 0.6) is 0 Å². The van der Waals surface area contributed by atoms with Gasteiger partial charge in [-0.15, -0.1) is 0 Å². The van der Waals surface area contributed by atoms with Crippen LogP contribution in [0.4, 0.5) is 11.4 Å². The Balaban J connectivity index is 2.06. The van der Waals surface area contributed by atoms with Crippen LogP contribution in [0.3, 0.4) is 0 Å². The monoisotopic (exact) mass is 322 g/mol. The number of nitrogens with zero attached hydrogens (tertiary/aromatic N) is 3. The third-order valence-corrected chi connectivity index (χ3v) is 4.14. The predicted octanol–water partition coefficient (Wildman–Crippen LogP) is 3.17. The maximum Gasteiger partial charge on any atom is 0.0739 e. The van der Waals surface area contributed by atoms with Gasteiger partial charge in [-0.1, -0.05) is 0 Å². The van der Waals surface area contributed by atoms with Crippen molar-refractivity contribution < 1.29 is 0 Å². The standard InChI is InChI=1S/C14H19BrN4/c1-10-14(15)13(19(4)17-10)9-16-11-5-7-12(8-6-11)18(2)3/h5-8,16H,9H2,1-4H3. The summed E-state index contributed by atoms with van der Waals surface area (Å²) in [5, 5.41) is 7.80. The number of hydrogen-bond donors (Lipinski definition) is 1. The minimum atomic E-state index is 0.749. The fraction of sp³-hybridized carbons (Fsp3) is 0.357.